The number of hydrogen-bond donors (Lipinski definition) is 1. The first kappa shape index (κ1) is 27.0. The molecular weight excluding hydrogens is 489 g/mol. The first-order chi connectivity index (χ1) is 17.4. The smallest absolute Gasteiger partial charge is 0.425 e. The molecular formula is C27H33F3N2O5. The van der Waals surface area contributed by atoms with E-state index in [1.54, 1.807) is 13.8 Å². The van der Waals surface area contributed by atoms with Crippen LogP contribution in [0.5, 0.6) is 11.5 Å². The Morgan fingerprint density at radius 1 is 1.00 bits per heavy atom. The molecule has 1 heterocycles. The summed E-state index contributed by atoms with van der Waals surface area (Å²) in [5, 5.41) is 2.00. The van der Waals surface area contributed by atoms with Gasteiger partial charge >= 0.3 is 6.18 Å². The zero-order valence-electron chi connectivity index (χ0n) is 21.6. The molecule has 37 heavy (non-hydrogen) atoms. The Morgan fingerprint density at radius 2 is 1.62 bits per heavy atom. The summed E-state index contributed by atoms with van der Waals surface area (Å²) in [7, 11) is 2.72. The second-order valence-electron chi connectivity index (χ2n) is 10.9. The van der Waals surface area contributed by atoms with E-state index in [2.05, 4.69) is 0 Å². The highest BCUT2D eigenvalue weighted by Crippen LogP contribution is 2.53. The van der Waals surface area contributed by atoms with Gasteiger partial charge in [-0.15, -0.1) is 0 Å². The first-order valence-corrected chi connectivity index (χ1v) is 12.6. The third-order valence-electron chi connectivity index (χ3n) is 7.62. The van der Waals surface area contributed by atoms with Crippen molar-refractivity contribution in [2.75, 3.05) is 14.2 Å². The Labute approximate surface area is 214 Å². The van der Waals surface area contributed by atoms with Gasteiger partial charge in [0, 0.05) is 23.7 Å². The molecule has 0 unspecified atom stereocenters. The second-order valence-corrected chi connectivity index (χ2v) is 10.9. The van der Waals surface area contributed by atoms with E-state index in [0.717, 1.165) is 25.7 Å². The highest BCUT2D eigenvalue weighted by atomic mass is 19.4. The average molecular weight is 523 g/mol. The van der Waals surface area contributed by atoms with Crippen molar-refractivity contribution in [1.29, 1.82) is 0 Å². The number of hydrogen-bond acceptors (Lipinski definition) is 5. The fourth-order valence-electron chi connectivity index (χ4n) is 5.90. The van der Waals surface area contributed by atoms with Crippen LogP contribution in [0.1, 0.15) is 75.6 Å². The number of nitrogens with zero attached hydrogens (tertiary/aromatic N) is 1. The van der Waals surface area contributed by atoms with Crippen LogP contribution >= 0.6 is 0 Å². The van der Waals surface area contributed by atoms with Crippen LogP contribution in [0, 0.1) is 5.41 Å². The molecule has 2 amide bonds. The molecule has 202 valence electrons. The van der Waals surface area contributed by atoms with Crippen molar-refractivity contribution in [3.63, 3.8) is 0 Å². The van der Waals surface area contributed by atoms with E-state index in [1.165, 1.54) is 37.3 Å². The van der Waals surface area contributed by atoms with Crippen molar-refractivity contribution in [2.45, 2.75) is 83.0 Å². The minimum absolute atomic E-state index is 0.100. The second kappa shape index (κ2) is 9.68. The van der Waals surface area contributed by atoms with Crippen molar-refractivity contribution >= 4 is 17.6 Å². The van der Waals surface area contributed by atoms with Crippen molar-refractivity contribution in [2.24, 2.45) is 5.41 Å². The number of benzene rings is 1. The zero-order chi connectivity index (χ0) is 27.2. The van der Waals surface area contributed by atoms with Crippen LogP contribution in [0.25, 0.3) is 0 Å². The van der Waals surface area contributed by atoms with Gasteiger partial charge in [0.15, 0.2) is 17.3 Å². The summed E-state index contributed by atoms with van der Waals surface area (Å²) in [5.41, 5.74) is -4.76. The Bertz CT molecular complexity index is 1140. The van der Waals surface area contributed by atoms with Crippen molar-refractivity contribution in [1.82, 2.24) is 10.2 Å². The quantitative estimate of drug-likeness (QED) is 0.554. The maximum atomic E-state index is 15.1. The number of methoxy groups -OCH3 is 2. The van der Waals surface area contributed by atoms with Gasteiger partial charge < -0.3 is 19.7 Å². The van der Waals surface area contributed by atoms with Crippen molar-refractivity contribution in [3.05, 3.63) is 35.0 Å². The van der Waals surface area contributed by atoms with Crippen LogP contribution in [-0.4, -0.2) is 54.5 Å². The molecule has 1 aromatic carbocycles. The number of ether oxygens (including phenoxy) is 2. The molecule has 1 saturated carbocycles. The van der Waals surface area contributed by atoms with Crippen molar-refractivity contribution < 1.29 is 37.0 Å². The summed E-state index contributed by atoms with van der Waals surface area (Å²) < 4.78 is 55.5. The number of Topliss-reactive ketones (excluding diaryl/α,β-unsaturated/α-hetero) is 1. The Hall–Kier alpha value is -3.04. The standard InChI is InChI=1S/C27H33F3N2O5/c1-25(2)14-18-22(19(33)15-25)26(27(28,29)30,24(35)32(18)17-9-7-5-6-8-10-17)31-23(34)16-11-12-20(36-3)21(13-16)37-4/h11-13,17H,5-10,14-15H2,1-4H3,(H,31,34)/t26-/m0/s1. The van der Waals surface area contributed by atoms with Crippen LogP contribution < -0.4 is 14.8 Å². The largest absolute Gasteiger partial charge is 0.493 e. The Morgan fingerprint density at radius 3 is 2.19 bits per heavy atom. The molecule has 7 nitrogen and oxygen atoms in total. The van der Waals surface area contributed by atoms with E-state index in [9.17, 15) is 14.4 Å². The summed E-state index contributed by atoms with van der Waals surface area (Å²) in [6.45, 7) is 3.61. The van der Waals surface area contributed by atoms with Gasteiger partial charge in [0.2, 0.25) is 5.54 Å². The number of ketones is 1. The fraction of sp³-hybridized carbons (Fsp3) is 0.593. The van der Waals surface area contributed by atoms with E-state index in [-0.39, 0.29) is 35.6 Å². The molecule has 0 spiro atoms. The van der Waals surface area contributed by atoms with Gasteiger partial charge in [0.1, 0.15) is 0 Å². The Kier molecular flexibility index (Phi) is 7.07. The van der Waals surface area contributed by atoms with E-state index >= 15 is 13.2 Å². The molecule has 4 rings (SSSR count). The van der Waals surface area contributed by atoms with Crippen LogP contribution in [-0.2, 0) is 9.59 Å². The van der Waals surface area contributed by atoms with Crippen LogP contribution in [0.4, 0.5) is 13.2 Å². The molecule has 1 N–H and O–H groups in total. The van der Waals surface area contributed by atoms with Crippen molar-refractivity contribution in [3.8, 4) is 11.5 Å². The number of rotatable bonds is 5. The number of carbonyl (C=O) groups excluding carboxylic acids is 3. The SMILES string of the molecule is COc1ccc(C(=O)N[C@]2(C(F)(F)F)C(=O)N(C3CCCCCC3)C3=C2C(=O)CC(C)(C)C3)cc1OC. The molecule has 3 aliphatic rings. The van der Waals surface area contributed by atoms with E-state index in [0.29, 0.717) is 12.8 Å². The summed E-state index contributed by atoms with van der Waals surface area (Å²) in [5.74, 6) is -2.77. The monoisotopic (exact) mass is 522 g/mol. The molecule has 0 saturated heterocycles. The highest BCUT2D eigenvalue weighted by molar-refractivity contribution is 6.14. The minimum atomic E-state index is -5.24. The molecule has 1 atom stereocenters. The van der Waals surface area contributed by atoms with Crippen LogP contribution in [0.15, 0.2) is 29.5 Å². The maximum absolute atomic E-state index is 15.1. The van der Waals surface area contributed by atoms with E-state index < -0.39 is 46.3 Å². The van der Waals surface area contributed by atoms with E-state index in [4.69, 9.17) is 9.47 Å². The fourth-order valence-corrected chi connectivity index (χ4v) is 5.90. The third-order valence-corrected chi connectivity index (χ3v) is 7.62. The van der Waals surface area contributed by atoms with Gasteiger partial charge in [-0.1, -0.05) is 39.5 Å². The lowest BCUT2D eigenvalue weighted by Crippen LogP contribution is -2.66. The minimum Gasteiger partial charge on any atom is -0.493 e. The molecule has 0 bridgehead atoms. The average Bonchev–Trinajstić information content (AvgIpc) is 2.97. The first-order valence-electron chi connectivity index (χ1n) is 12.6. The molecule has 10 heteroatoms. The molecule has 0 aromatic heterocycles. The topological polar surface area (TPSA) is 84.9 Å². The summed E-state index contributed by atoms with van der Waals surface area (Å²) in [6.07, 6.45) is -0.708. The van der Waals surface area contributed by atoms with Crippen LogP contribution in [0.3, 0.4) is 0 Å². The van der Waals surface area contributed by atoms with E-state index in [1.807, 2.05) is 5.32 Å². The number of allylic oxidation sites excluding steroid dienone is 1. The van der Waals surface area contributed by atoms with Gasteiger partial charge in [-0.2, -0.15) is 13.2 Å². The predicted octanol–water partition coefficient (Wildman–Crippen LogP) is 4.94. The Balaban J connectivity index is 1.85. The van der Waals surface area contributed by atoms with Gasteiger partial charge in [0.05, 0.1) is 19.8 Å². The lowest BCUT2D eigenvalue weighted by atomic mass is 9.72. The number of halogens is 3. The summed E-state index contributed by atoms with van der Waals surface area (Å²) in [6, 6.07) is 3.46. The van der Waals surface area contributed by atoms with Gasteiger partial charge in [-0.3, -0.25) is 14.4 Å². The maximum Gasteiger partial charge on any atom is 0.425 e. The normalized spacial score (nSPS) is 24.6. The van der Waals surface area contributed by atoms with Gasteiger partial charge in [-0.25, -0.2) is 0 Å². The van der Waals surface area contributed by atoms with Gasteiger partial charge in [0.25, 0.3) is 11.8 Å². The van der Waals surface area contributed by atoms with Gasteiger partial charge in [-0.05, 0) is 42.9 Å². The molecule has 2 aliphatic carbocycles. The molecule has 0 radical (unpaired) electrons. The summed E-state index contributed by atoms with van der Waals surface area (Å²) in [4.78, 5) is 41.8. The zero-order valence-corrected chi connectivity index (χ0v) is 21.6. The lowest BCUT2D eigenvalue weighted by Gasteiger charge is -2.36. The number of nitrogens with one attached hydrogen (secondary N) is 1. The third kappa shape index (κ3) is 4.59. The predicted molar refractivity (Wildman–Crippen MR) is 129 cm³/mol. The summed E-state index contributed by atoms with van der Waals surface area (Å²) >= 11 is 0. The number of carbonyl (C=O) groups is 3. The van der Waals surface area contributed by atoms with Crippen LogP contribution in [0.2, 0.25) is 0 Å². The highest BCUT2D eigenvalue weighted by Gasteiger charge is 2.72. The number of amides is 2. The molecule has 1 aromatic rings. The number of alkyl halides is 3. The molecule has 1 aliphatic heterocycles. The molecule has 1 fully saturated rings. The lowest BCUT2D eigenvalue weighted by molar-refractivity contribution is -0.191.